The summed E-state index contributed by atoms with van der Waals surface area (Å²) < 4.78 is 16.3. The fourth-order valence-electron chi connectivity index (χ4n) is 2.14. The van der Waals surface area contributed by atoms with Crippen LogP contribution in [0.2, 0.25) is 0 Å². The Balaban J connectivity index is 1.63. The third-order valence-corrected chi connectivity index (χ3v) is 3.02. The molecule has 0 saturated carbocycles. The fraction of sp³-hybridized carbons (Fsp3) is 0.917. The first kappa shape index (κ1) is 13.7. The van der Waals surface area contributed by atoms with Gasteiger partial charge >= 0.3 is 0 Å². The molecular formula is C12H22N2O4. The maximum Gasteiger partial charge on any atom is 0.221 e. The zero-order chi connectivity index (χ0) is 13.0. The van der Waals surface area contributed by atoms with Crippen LogP contribution in [0.15, 0.2) is 0 Å². The first-order chi connectivity index (χ1) is 8.55. The molecule has 2 heterocycles. The van der Waals surface area contributed by atoms with Crippen molar-refractivity contribution in [3.63, 3.8) is 0 Å². The molecule has 2 atom stereocenters. The number of rotatable bonds is 4. The summed E-state index contributed by atoms with van der Waals surface area (Å²) in [5.41, 5.74) is 0. The van der Waals surface area contributed by atoms with Crippen LogP contribution in [-0.4, -0.2) is 56.8 Å². The maximum atomic E-state index is 11.7. The summed E-state index contributed by atoms with van der Waals surface area (Å²) in [4.78, 5) is 11.7. The van der Waals surface area contributed by atoms with Crippen LogP contribution in [0.3, 0.4) is 0 Å². The van der Waals surface area contributed by atoms with E-state index < -0.39 is 5.79 Å². The molecule has 0 aromatic heterocycles. The normalized spacial score (nSPS) is 31.2. The molecule has 6 nitrogen and oxygen atoms in total. The van der Waals surface area contributed by atoms with Crippen molar-refractivity contribution in [2.24, 2.45) is 0 Å². The Morgan fingerprint density at radius 3 is 2.89 bits per heavy atom. The lowest BCUT2D eigenvalue weighted by Crippen LogP contribution is -2.45. The van der Waals surface area contributed by atoms with E-state index in [-0.39, 0.29) is 18.1 Å². The van der Waals surface area contributed by atoms with Gasteiger partial charge in [-0.15, -0.1) is 0 Å². The van der Waals surface area contributed by atoms with Gasteiger partial charge in [0.2, 0.25) is 5.91 Å². The van der Waals surface area contributed by atoms with Gasteiger partial charge in [0.05, 0.1) is 19.8 Å². The lowest BCUT2D eigenvalue weighted by atomic mass is 10.2. The molecule has 18 heavy (non-hydrogen) atoms. The first-order valence-corrected chi connectivity index (χ1v) is 6.45. The molecule has 0 bridgehead atoms. The summed E-state index contributed by atoms with van der Waals surface area (Å²) in [5.74, 6) is -0.514. The van der Waals surface area contributed by atoms with Gasteiger partial charge in [0.15, 0.2) is 5.79 Å². The summed E-state index contributed by atoms with van der Waals surface area (Å²) >= 11 is 0. The Kier molecular flexibility index (Phi) is 4.55. The number of amides is 1. The highest BCUT2D eigenvalue weighted by molar-refractivity contribution is 5.76. The summed E-state index contributed by atoms with van der Waals surface area (Å²) in [6.45, 7) is 6.90. The van der Waals surface area contributed by atoms with Gasteiger partial charge in [-0.3, -0.25) is 4.79 Å². The minimum atomic E-state index is -0.534. The van der Waals surface area contributed by atoms with Crippen molar-refractivity contribution >= 4 is 5.91 Å². The topological polar surface area (TPSA) is 68.8 Å². The average Bonchev–Trinajstić information content (AvgIpc) is 2.68. The quantitative estimate of drug-likeness (QED) is 0.720. The van der Waals surface area contributed by atoms with Crippen LogP contribution in [0.4, 0.5) is 0 Å². The molecule has 0 aliphatic carbocycles. The number of carbonyl (C=O) groups excluding carboxylic acids is 1. The summed E-state index contributed by atoms with van der Waals surface area (Å²) in [6, 6.07) is 0.121. The Labute approximate surface area is 107 Å². The Morgan fingerprint density at radius 2 is 2.28 bits per heavy atom. The molecule has 2 fully saturated rings. The Bertz CT molecular complexity index is 290. The predicted octanol–water partition coefficient (Wildman–Crippen LogP) is -0.367. The fourth-order valence-corrected chi connectivity index (χ4v) is 2.14. The highest BCUT2D eigenvalue weighted by atomic mass is 16.7. The summed E-state index contributed by atoms with van der Waals surface area (Å²) in [7, 11) is 0. The van der Waals surface area contributed by atoms with Gasteiger partial charge in [-0.1, -0.05) is 0 Å². The molecule has 1 amide bonds. The molecular weight excluding hydrogens is 236 g/mol. The van der Waals surface area contributed by atoms with Crippen LogP contribution < -0.4 is 10.6 Å². The molecule has 0 spiro atoms. The van der Waals surface area contributed by atoms with Crippen LogP contribution in [0.25, 0.3) is 0 Å². The second-order valence-corrected chi connectivity index (χ2v) is 5.18. The maximum absolute atomic E-state index is 11.7. The van der Waals surface area contributed by atoms with Crippen LogP contribution in [0.1, 0.15) is 20.3 Å². The van der Waals surface area contributed by atoms with Gasteiger partial charge in [0, 0.05) is 25.6 Å². The van der Waals surface area contributed by atoms with Crippen LogP contribution in [0.5, 0.6) is 0 Å². The lowest BCUT2D eigenvalue weighted by molar-refractivity contribution is -0.139. The predicted molar refractivity (Wildman–Crippen MR) is 65.1 cm³/mol. The molecule has 104 valence electrons. The number of hydrogen-bond donors (Lipinski definition) is 2. The highest BCUT2D eigenvalue weighted by Gasteiger charge is 2.32. The van der Waals surface area contributed by atoms with Crippen molar-refractivity contribution in [1.82, 2.24) is 10.6 Å². The zero-order valence-corrected chi connectivity index (χ0v) is 11.0. The average molecular weight is 258 g/mol. The van der Waals surface area contributed by atoms with E-state index in [0.717, 1.165) is 13.2 Å². The zero-order valence-electron chi connectivity index (χ0n) is 11.0. The minimum Gasteiger partial charge on any atom is -0.378 e. The molecule has 0 aromatic rings. The molecule has 0 aromatic carbocycles. The van der Waals surface area contributed by atoms with E-state index in [0.29, 0.717) is 26.2 Å². The van der Waals surface area contributed by atoms with Crippen molar-refractivity contribution in [3.05, 3.63) is 0 Å². The monoisotopic (exact) mass is 258 g/mol. The van der Waals surface area contributed by atoms with Gasteiger partial charge in [-0.25, -0.2) is 0 Å². The van der Waals surface area contributed by atoms with Crippen molar-refractivity contribution in [2.75, 3.05) is 32.9 Å². The summed E-state index contributed by atoms with van der Waals surface area (Å²) in [5, 5.41) is 6.12. The van der Waals surface area contributed by atoms with E-state index in [4.69, 9.17) is 14.2 Å². The van der Waals surface area contributed by atoms with Crippen molar-refractivity contribution in [2.45, 2.75) is 38.2 Å². The lowest BCUT2D eigenvalue weighted by Gasteiger charge is -2.23. The molecule has 0 radical (unpaired) electrons. The van der Waals surface area contributed by atoms with E-state index in [9.17, 15) is 4.79 Å². The Hall–Kier alpha value is -0.690. The smallest absolute Gasteiger partial charge is 0.221 e. The van der Waals surface area contributed by atoms with Crippen molar-refractivity contribution in [3.8, 4) is 0 Å². The Morgan fingerprint density at radius 1 is 1.44 bits per heavy atom. The molecule has 2 unspecified atom stereocenters. The number of hydrogen-bond acceptors (Lipinski definition) is 5. The largest absolute Gasteiger partial charge is 0.378 e. The number of carbonyl (C=O) groups is 1. The van der Waals surface area contributed by atoms with Gasteiger partial charge < -0.3 is 24.8 Å². The highest BCUT2D eigenvalue weighted by Crippen LogP contribution is 2.21. The van der Waals surface area contributed by atoms with E-state index in [1.54, 1.807) is 0 Å². The van der Waals surface area contributed by atoms with Crippen LogP contribution in [-0.2, 0) is 19.0 Å². The first-order valence-electron chi connectivity index (χ1n) is 6.45. The van der Waals surface area contributed by atoms with E-state index >= 15 is 0 Å². The molecule has 6 heteroatoms. The standard InChI is InChI=1S/C12H22N2O4/c1-12(2)17-8-10(18-12)6-14-11(15)5-9-7-16-4-3-13-9/h9-10,13H,3-8H2,1-2H3,(H,14,15). The van der Waals surface area contributed by atoms with E-state index in [1.807, 2.05) is 13.8 Å². The molecule has 2 aliphatic rings. The number of ether oxygens (including phenoxy) is 3. The number of nitrogens with one attached hydrogen (secondary N) is 2. The van der Waals surface area contributed by atoms with E-state index in [2.05, 4.69) is 10.6 Å². The number of morpholine rings is 1. The SMILES string of the molecule is CC1(C)OCC(CNC(=O)CC2COCCN2)O1. The second kappa shape index (κ2) is 5.97. The van der Waals surface area contributed by atoms with Crippen molar-refractivity contribution < 1.29 is 19.0 Å². The van der Waals surface area contributed by atoms with Gasteiger partial charge in [0.1, 0.15) is 6.10 Å². The molecule has 2 aliphatic heterocycles. The molecule has 2 N–H and O–H groups in total. The van der Waals surface area contributed by atoms with Crippen molar-refractivity contribution in [1.29, 1.82) is 0 Å². The van der Waals surface area contributed by atoms with Crippen LogP contribution >= 0.6 is 0 Å². The van der Waals surface area contributed by atoms with Gasteiger partial charge in [-0.2, -0.15) is 0 Å². The van der Waals surface area contributed by atoms with Gasteiger partial charge in [-0.05, 0) is 13.8 Å². The third-order valence-electron chi connectivity index (χ3n) is 3.02. The second-order valence-electron chi connectivity index (χ2n) is 5.18. The third kappa shape index (κ3) is 4.20. The van der Waals surface area contributed by atoms with Gasteiger partial charge in [0.25, 0.3) is 0 Å². The van der Waals surface area contributed by atoms with E-state index in [1.165, 1.54) is 0 Å². The van der Waals surface area contributed by atoms with Crippen LogP contribution in [0, 0.1) is 0 Å². The summed E-state index contributed by atoms with van der Waals surface area (Å²) in [6.07, 6.45) is 0.385. The molecule has 2 rings (SSSR count). The minimum absolute atomic E-state index is 0.0197. The molecule has 2 saturated heterocycles.